The second-order valence-corrected chi connectivity index (χ2v) is 5.85. The number of hydrogen-bond acceptors (Lipinski definition) is 3. The molecule has 0 radical (unpaired) electrons. The first-order valence-electron chi connectivity index (χ1n) is 6.95. The summed E-state index contributed by atoms with van der Waals surface area (Å²) in [5.41, 5.74) is 0.760. The van der Waals surface area contributed by atoms with Crippen LogP contribution in [-0.2, 0) is 11.3 Å². The van der Waals surface area contributed by atoms with Gasteiger partial charge in [0.05, 0.1) is 7.11 Å². The van der Waals surface area contributed by atoms with E-state index in [1.54, 1.807) is 31.0 Å². The lowest BCUT2D eigenvalue weighted by molar-refractivity contribution is -0.120. The molecule has 116 valence electrons. The molecule has 0 aliphatic carbocycles. The summed E-state index contributed by atoms with van der Waals surface area (Å²) in [6.45, 7) is 0.351. The molecule has 0 aliphatic heterocycles. The molecule has 22 heavy (non-hydrogen) atoms. The van der Waals surface area contributed by atoms with Crippen LogP contribution in [0.25, 0.3) is 0 Å². The van der Waals surface area contributed by atoms with E-state index >= 15 is 0 Å². The summed E-state index contributed by atoms with van der Waals surface area (Å²) in [6, 6.07) is 14.0. The van der Waals surface area contributed by atoms with Gasteiger partial charge in [-0.2, -0.15) is 0 Å². The molecule has 3 nitrogen and oxygen atoms in total. The third kappa shape index (κ3) is 5.41. The van der Waals surface area contributed by atoms with Crippen LogP contribution in [-0.4, -0.2) is 18.8 Å². The van der Waals surface area contributed by atoms with Gasteiger partial charge in [-0.05, 0) is 42.0 Å². The molecular formula is C17H18FNO2S. The van der Waals surface area contributed by atoms with Crippen LogP contribution in [0.15, 0.2) is 53.4 Å². The number of halogens is 1. The molecule has 0 saturated carbocycles. The fraction of sp³-hybridized carbons (Fsp3) is 0.235. The van der Waals surface area contributed by atoms with Crippen molar-refractivity contribution in [1.82, 2.24) is 5.32 Å². The first-order chi connectivity index (χ1) is 10.7. The highest BCUT2D eigenvalue weighted by Gasteiger charge is 2.03. The predicted octanol–water partition coefficient (Wildman–Crippen LogP) is 3.63. The molecule has 1 amide bonds. The summed E-state index contributed by atoms with van der Waals surface area (Å²) in [6.07, 6.45) is 0.423. The van der Waals surface area contributed by atoms with Crippen molar-refractivity contribution >= 4 is 17.7 Å². The van der Waals surface area contributed by atoms with Crippen LogP contribution in [0, 0.1) is 5.82 Å². The Balaban J connectivity index is 1.69. The molecule has 0 unspecified atom stereocenters. The Labute approximate surface area is 133 Å². The molecule has 0 fully saturated rings. The Kier molecular flexibility index (Phi) is 6.27. The number of rotatable bonds is 7. The summed E-state index contributed by atoms with van der Waals surface area (Å²) >= 11 is 1.62. The highest BCUT2D eigenvalue weighted by Crippen LogP contribution is 2.21. The van der Waals surface area contributed by atoms with Crippen molar-refractivity contribution < 1.29 is 13.9 Å². The largest absolute Gasteiger partial charge is 0.497 e. The van der Waals surface area contributed by atoms with Crippen molar-refractivity contribution in [3.8, 4) is 5.75 Å². The molecule has 2 aromatic carbocycles. The van der Waals surface area contributed by atoms with E-state index in [9.17, 15) is 9.18 Å². The number of ether oxygens (including phenoxy) is 1. The Morgan fingerprint density at radius 1 is 1.23 bits per heavy atom. The molecule has 2 aromatic rings. The van der Waals surface area contributed by atoms with Crippen molar-refractivity contribution in [1.29, 1.82) is 0 Å². The fourth-order valence-corrected chi connectivity index (χ4v) is 2.72. The Hall–Kier alpha value is -2.01. The van der Waals surface area contributed by atoms with Gasteiger partial charge in [0.1, 0.15) is 11.6 Å². The summed E-state index contributed by atoms with van der Waals surface area (Å²) < 4.78 is 18.1. The van der Waals surface area contributed by atoms with Gasteiger partial charge >= 0.3 is 0 Å². The zero-order valence-corrected chi connectivity index (χ0v) is 13.2. The molecule has 0 atom stereocenters. The summed E-state index contributed by atoms with van der Waals surface area (Å²) in [7, 11) is 1.63. The third-order valence-corrected chi connectivity index (χ3v) is 4.05. The van der Waals surface area contributed by atoms with Crippen LogP contribution in [0.3, 0.4) is 0 Å². The lowest BCUT2D eigenvalue weighted by Gasteiger charge is -2.06. The van der Waals surface area contributed by atoms with E-state index in [4.69, 9.17) is 4.74 Å². The number of benzene rings is 2. The van der Waals surface area contributed by atoms with Gasteiger partial charge in [0.2, 0.25) is 5.91 Å². The van der Waals surface area contributed by atoms with E-state index in [2.05, 4.69) is 5.32 Å². The van der Waals surface area contributed by atoms with Crippen molar-refractivity contribution in [3.05, 3.63) is 59.9 Å². The molecule has 0 aliphatic rings. The Morgan fingerprint density at radius 3 is 2.68 bits per heavy atom. The van der Waals surface area contributed by atoms with E-state index < -0.39 is 0 Å². The van der Waals surface area contributed by atoms with Crippen molar-refractivity contribution in [2.24, 2.45) is 0 Å². The van der Waals surface area contributed by atoms with Crippen LogP contribution in [0.4, 0.5) is 4.39 Å². The van der Waals surface area contributed by atoms with Crippen LogP contribution in [0.1, 0.15) is 12.0 Å². The molecule has 0 bridgehead atoms. The van der Waals surface area contributed by atoms with Crippen LogP contribution in [0.5, 0.6) is 5.75 Å². The van der Waals surface area contributed by atoms with Crippen molar-refractivity contribution in [2.45, 2.75) is 17.9 Å². The number of amides is 1. The molecule has 0 heterocycles. The van der Waals surface area contributed by atoms with Gasteiger partial charge in [0, 0.05) is 23.6 Å². The number of hydrogen-bond donors (Lipinski definition) is 1. The number of methoxy groups -OCH3 is 1. The van der Waals surface area contributed by atoms with Gasteiger partial charge in [-0.15, -0.1) is 11.8 Å². The first-order valence-corrected chi connectivity index (χ1v) is 7.94. The average Bonchev–Trinajstić information content (AvgIpc) is 2.54. The molecule has 2 rings (SSSR count). The second kappa shape index (κ2) is 8.44. The highest BCUT2D eigenvalue weighted by atomic mass is 32.2. The maximum absolute atomic E-state index is 13.0. The zero-order chi connectivity index (χ0) is 15.8. The molecular weight excluding hydrogens is 301 g/mol. The van der Waals surface area contributed by atoms with E-state index in [0.717, 1.165) is 16.2 Å². The van der Waals surface area contributed by atoms with Crippen molar-refractivity contribution in [2.75, 3.05) is 12.9 Å². The standard InChI is InChI=1S/C17H18FNO2S/c1-21-15-5-7-16(8-6-15)22-10-9-17(20)19-12-13-3-2-4-14(18)11-13/h2-8,11H,9-10,12H2,1H3,(H,19,20). The number of nitrogens with one attached hydrogen (secondary N) is 1. The summed E-state index contributed by atoms with van der Waals surface area (Å²) in [5, 5.41) is 2.79. The van der Waals surface area contributed by atoms with Gasteiger partial charge in [0.15, 0.2) is 0 Å². The molecule has 0 aromatic heterocycles. The Bertz CT molecular complexity index is 616. The minimum absolute atomic E-state index is 0.0368. The van der Waals surface area contributed by atoms with Crippen LogP contribution in [0.2, 0.25) is 0 Å². The lowest BCUT2D eigenvalue weighted by Crippen LogP contribution is -2.23. The fourth-order valence-electron chi connectivity index (χ4n) is 1.87. The number of carbonyl (C=O) groups is 1. The zero-order valence-electron chi connectivity index (χ0n) is 12.3. The molecule has 0 saturated heterocycles. The topological polar surface area (TPSA) is 38.3 Å². The smallest absolute Gasteiger partial charge is 0.221 e. The van der Waals surface area contributed by atoms with Crippen LogP contribution < -0.4 is 10.1 Å². The molecule has 1 N–H and O–H groups in total. The van der Waals surface area contributed by atoms with Crippen LogP contribution >= 0.6 is 11.8 Å². The summed E-state index contributed by atoms with van der Waals surface area (Å²) in [5.74, 6) is 1.19. The summed E-state index contributed by atoms with van der Waals surface area (Å²) in [4.78, 5) is 12.8. The number of thioether (sulfide) groups is 1. The first kappa shape index (κ1) is 16.4. The Morgan fingerprint density at radius 2 is 2.00 bits per heavy atom. The second-order valence-electron chi connectivity index (χ2n) is 4.68. The SMILES string of the molecule is COc1ccc(SCCC(=O)NCc2cccc(F)c2)cc1. The van der Waals surface area contributed by atoms with E-state index in [-0.39, 0.29) is 11.7 Å². The monoisotopic (exact) mass is 319 g/mol. The normalized spacial score (nSPS) is 10.3. The maximum atomic E-state index is 13.0. The third-order valence-electron chi connectivity index (χ3n) is 3.04. The minimum atomic E-state index is -0.290. The quantitative estimate of drug-likeness (QED) is 0.792. The van der Waals surface area contributed by atoms with Crippen molar-refractivity contribution in [3.63, 3.8) is 0 Å². The van der Waals surface area contributed by atoms with E-state index in [1.807, 2.05) is 24.3 Å². The lowest BCUT2D eigenvalue weighted by atomic mass is 10.2. The molecule has 5 heteroatoms. The van der Waals surface area contributed by atoms with Gasteiger partial charge in [-0.25, -0.2) is 4.39 Å². The maximum Gasteiger partial charge on any atom is 0.221 e. The van der Waals surface area contributed by atoms with Gasteiger partial charge in [-0.3, -0.25) is 4.79 Å². The predicted molar refractivity (Wildman–Crippen MR) is 86.6 cm³/mol. The minimum Gasteiger partial charge on any atom is -0.497 e. The van der Waals surface area contributed by atoms with E-state index in [0.29, 0.717) is 18.7 Å². The number of carbonyl (C=O) groups excluding carboxylic acids is 1. The average molecular weight is 319 g/mol. The highest BCUT2D eigenvalue weighted by molar-refractivity contribution is 7.99. The van der Waals surface area contributed by atoms with Gasteiger partial charge < -0.3 is 10.1 Å². The van der Waals surface area contributed by atoms with E-state index in [1.165, 1.54) is 12.1 Å². The van der Waals surface area contributed by atoms with Gasteiger partial charge in [0.25, 0.3) is 0 Å². The van der Waals surface area contributed by atoms with Gasteiger partial charge in [-0.1, -0.05) is 12.1 Å². The molecule has 0 spiro atoms.